The van der Waals surface area contributed by atoms with E-state index in [-0.39, 0.29) is 11.1 Å². The standard InChI is InChI=1S/C20H26N4O2S/c1-15(2)27(25,26)14-23-19-9-5-17(6-10-19)13-16-3-7-18(8-4-16)20-22-11-12-24(20)21/h3-10,15,23H,11-14,21H2,1-2H3. The average Bonchev–Trinajstić information content (AvgIpc) is 3.08. The van der Waals surface area contributed by atoms with Crippen molar-refractivity contribution in [2.45, 2.75) is 25.5 Å². The molecule has 3 N–H and O–H groups in total. The number of hydrogen-bond donors (Lipinski definition) is 2. The molecule has 0 unspecified atom stereocenters. The van der Waals surface area contributed by atoms with E-state index in [1.54, 1.807) is 18.9 Å². The minimum absolute atomic E-state index is 0.0481. The third kappa shape index (κ3) is 4.87. The summed E-state index contributed by atoms with van der Waals surface area (Å²) in [7, 11) is -3.10. The molecule has 0 bridgehead atoms. The van der Waals surface area contributed by atoms with Crippen molar-refractivity contribution < 1.29 is 8.42 Å². The zero-order valence-electron chi connectivity index (χ0n) is 15.7. The molecular formula is C20H26N4O2S. The number of nitrogens with one attached hydrogen (secondary N) is 1. The Morgan fingerprint density at radius 2 is 1.67 bits per heavy atom. The van der Waals surface area contributed by atoms with E-state index < -0.39 is 9.84 Å². The number of nitrogens with two attached hydrogens (primary N) is 1. The maximum atomic E-state index is 11.9. The molecule has 1 aliphatic heterocycles. The van der Waals surface area contributed by atoms with Crippen LogP contribution in [0.15, 0.2) is 53.5 Å². The first-order valence-electron chi connectivity index (χ1n) is 9.05. The van der Waals surface area contributed by atoms with Gasteiger partial charge in [-0.1, -0.05) is 36.4 Å². The Balaban J connectivity index is 1.60. The van der Waals surface area contributed by atoms with Gasteiger partial charge in [0.25, 0.3) is 0 Å². The predicted molar refractivity (Wildman–Crippen MR) is 111 cm³/mol. The van der Waals surface area contributed by atoms with Gasteiger partial charge in [0.05, 0.1) is 18.3 Å². The van der Waals surface area contributed by atoms with Gasteiger partial charge in [0.2, 0.25) is 0 Å². The normalized spacial score (nSPS) is 14.5. The molecule has 0 radical (unpaired) electrons. The second kappa shape index (κ2) is 8.10. The molecule has 6 nitrogen and oxygen atoms in total. The zero-order valence-corrected chi connectivity index (χ0v) is 16.5. The SMILES string of the molecule is CC(C)S(=O)(=O)CNc1ccc(Cc2ccc(C3=NCCN3N)cc2)cc1. The first-order chi connectivity index (χ1) is 12.8. The Bertz CT molecular complexity index is 904. The van der Waals surface area contributed by atoms with Gasteiger partial charge >= 0.3 is 0 Å². The molecule has 0 atom stereocenters. The van der Waals surface area contributed by atoms with Crippen molar-refractivity contribution >= 4 is 21.4 Å². The highest BCUT2D eigenvalue weighted by atomic mass is 32.2. The van der Waals surface area contributed by atoms with Gasteiger partial charge in [0, 0.05) is 11.3 Å². The zero-order chi connectivity index (χ0) is 19.4. The predicted octanol–water partition coefficient (Wildman–Crippen LogP) is 2.41. The number of anilines is 1. The fourth-order valence-corrected chi connectivity index (χ4v) is 3.52. The fraction of sp³-hybridized carbons (Fsp3) is 0.350. The van der Waals surface area contributed by atoms with Gasteiger partial charge in [0.15, 0.2) is 9.84 Å². The summed E-state index contributed by atoms with van der Waals surface area (Å²) in [6.07, 6.45) is 0.809. The van der Waals surface area contributed by atoms with Crippen LogP contribution in [0.2, 0.25) is 0 Å². The first-order valence-corrected chi connectivity index (χ1v) is 10.8. The molecule has 0 saturated heterocycles. The van der Waals surface area contributed by atoms with E-state index in [1.807, 2.05) is 36.4 Å². The summed E-state index contributed by atoms with van der Waals surface area (Å²) in [5.74, 6) is 6.71. The lowest BCUT2D eigenvalue weighted by Gasteiger charge is -2.13. The summed E-state index contributed by atoms with van der Waals surface area (Å²) in [4.78, 5) is 4.42. The molecule has 2 aromatic rings. The molecule has 2 aromatic carbocycles. The summed E-state index contributed by atoms with van der Waals surface area (Å²) in [5, 5.41) is 4.28. The molecule has 0 aliphatic carbocycles. The van der Waals surface area contributed by atoms with Crippen LogP contribution in [0.25, 0.3) is 0 Å². The molecular weight excluding hydrogens is 360 g/mol. The molecule has 0 aromatic heterocycles. The highest BCUT2D eigenvalue weighted by Gasteiger charge is 2.16. The van der Waals surface area contributed by atoms with Gasteiger partial charge in [-0.25, -0.2) is 14.3 Å². The topological polar surface area (TPSA) is 87.8 Å². The molecule has 3 rings (SSSR count). The molecule has 27 heavy (non-hydrogen) atoms. The largest absolute Gasteiger partial charge is 0.372 e. The average molecular weight is 387 g/mol. The number of rotatable bonds is 7. The van der Waals surface area contributed by atoms with Crippen molar-refractivity contribution in [2.75, 3.05) is 24.3 Å². The third-order valence-electron chi connectivity index (χ3n) is 4.64. The summed E-state index contributed by atoms with van der Waals surface area (Å²) in [6, 6.07) is 16.1. The molecule has 0 amide bonds. The quantitative estimate of drug-likeness (QED) is 0.714. The molecule has 7 heteroatoms. The van der Waals surface area contributed by atoms with Crippen LogP contribution in [0.3, 0.4) is 0 Å². The number of amidine groups is 1. The molecule has 0 fully saturated rings. The monoisotopic (exact) mass is 386 g/mol. The second-order valence-corrected chi connectivity index (χ2v) is 9.56. The van der Waals surface area contributed by atoms with Crippen molar-refractivity contribution in [3.8, 4) is 0 Å². The Kier molecular flexibility index (Phi) is 5.82. The van der Waals surface area contributed by atoms with Crippen LogP contribution in [0.1, 0.15) is 30.5 Å². The van der Waals surface area contributed by atoms with E-state index >= 15 is 0 Å². The van der Waals surface area contributed by atoms with Crippen molar-refractivity contribution in [1.29, 1.82) is 0 Å². The number of nitrogens with zero attached hydrogens (tertiary/aromatic N) is 2. The Labute approximate surface area is 161 Å². The van der Waals surface area contributed by atoms with Gasteiger partial charge in [-0.05, 0) is 43.5 Å². The Morgan fingerprint density at radius 3 is 2.19 bits per heavy atom. The van der Waals surface area contributed by atoms with Crippen LogP contribution in [0.5, 0.6) is 0 Å². The van der Waals surface area contributed by atoms with Crippen LogP contribution in [-0.2, 0) is 16.3 Å². The minimum Gasteiger partial charge on any atom is -0.372 e. The maximum absolute atomic E-state index is 11.9. The maximum Gasteiger partial charge on any atom is 0.170 e. The Hall–Kier alpha value is -2.38. The lowest BCUT2D eigenvalue weighted by molar-refractivity contribution is 0.484. The van der Waals surface area contributed by atoms with Gasteiger partial charge in [-0.15, -0.1) is 0 Å². The van der Waals surface area contributed by atoms with Crippen LogP contribution >= 0.6 is 0 Å². The van der Waals surface area contributed by atoms with Crippen molar-refractivity contribution in [3.63, 3.8) is 0 Å². The molecule has 0 spiro atoms. The van der Waals surface area contributed by atoms with E-state index in [4.69, 9.17) is 5.84 Å². The van der Waals surface area contributed by atoms with Crippen molar-refractivity contribution in [2.24, 2.45) is 10.8 Å². The minimum atomic E-state index is -3.10. The lowest BCUT2D eigenvalue weighted by atomic mass is 10.0. The highest BCUT2D eigenvalue weighted by molar-refractivity contribution is 7.92. The van der Waals surface area contributed by atoms with Gasteiger partial charge in [-0.3, -0.25) is 10.0 Å². The summed E-state index contributed by atoms with van der Waals surface area (Å²) >= 11 is 0. The van der Waals surface area contributed by atoms with Crippen molar-refractivity contribution in [3.05, 3.63) is 65.2 Å². The van der Waals surface area contributed by atoms with Crippen LogP contribution < -0.4 is 11.2 Å². The molecule has 0 saturated carbocycles. The van der Waals surface area contributed by atoms with Crippen LogP contribution in [0, 0.1) is 0 Å². The third-order valence-corrected chi connectivity index (χ3v) is 6.63. The highest BCUT2D eigenvalue weighted by Crippen LogP contribution is 2.16. The smallest absolute Gasteiger partial charge is 0.170 e. The van der Waals surface area contributed by atoms with E-state index in [2.05, 4.69) is 22.4 Å². The molecule has 144 valence electrons. The fourth-order valence-electron chi connectivity index (χ4n) is 2.82. The van der Waals surface area contributed by atoms with Gasteiger partial charge in [0.1, 0.15) is 11.7 Å². The summed E-state index contributed by atoms with van der Waals surface area (Å²) in [5.41, 5.74) is 4.20. The number of aliphatic imine (C=N–C) groups is 1. The number of benzene rings is 2. The lowest BCUT2D eigenvalue weighted by Crippen LogP contribution is -2.34. The Morgan fingerprint density at radius 1 is 1.07 bits per heavy atom. The van der Waals surface area contributed by atoms with E-state index in [0.29, 0.717) is 0 Å². The molecule has 1 heterocycles. The van der Waals surface area contributed by atoms with E-state index in [1.165, 1.54) is 11.1 Å². The first kappa shape index (κ1) is 19.4. The summed E-state index contributed by atoms with van der Waals surface area (Å²) in [6.45, 7) is 4.88. The van der Waals surface area contributed by atoms with Crippen LogP contribution in [0.4, 0.5) is 5.69 Å². The number of sulfone groups is 1. The number of hydrogen-bond acceptors (Lipinski definition) is 6. The molecule has 1 aliphatic rings. The van der Waals surface area contributed by atoms with Gasteiger partial charge < -0.3 is 5.32 Å². The van der Waals surface area contributed by atoms with E-state index in [0.717, 1.165) is 36.6 Å². The van der Waals surface area contributed by atoms with Crippen molar-refractivity contribution in [1.82, 2.24) is 5.01 Å². The summed E-state index contributed by atoms with van der Waals surface area (Å²) < 4.78 is 23.7. The van der Waals surface area contributed by atoms with Gasteiger partial charge in [-0.2, -0.15) is 0 Å². The second-order valence-electron chi connectivity index (χ2n) is 7.00. The van der Waals surface area contributed by atoms with E-state index in [9.17, 15) is 8.42 Å². The number of hydrazine groups is 1. The van der Waals surface area contributed by atoms with Crippen LogP contribution in [-0.4, -0.2) is 43.5 Å².